The van der Waals surface area contributed by atoms with E-state index in [1.165, 1.54) is 9.80 Å². The van der Waals surface area contributed by atoms with Gasteiger partial charge in [0.1, 0.15) is 6.04 Å². The molecular formula is C25H28ClN3O4. The van der Waals surface area contributed by atoms with Crippen molar-refractivity contribution in [2.24, 2.45) is 0 Å². The van der Waals surface area contributed by atoms with E-state index < -0.39 is 6.04 Å². The molecule has 0 fully saturated rings. The molecule has 7 nitrogen and oxygen atoms in total. The number of fused-ring (bicyclic) bond motifs is 1. The zero-order valence-electron chi connectivity index (χ0n) is 18.8. The minimum atomic E-state index is -0.645. The fraction of sp³-hybridized carbons (Fsp3) is 0.360. The van der Waals surface area contributed by atoms with Crippen molar-refractivity contribution in [1.29, 1.82) is 0 Å². The number of nitrogens with one attached hydrogen (secondary N) is 1. The van der Waals surface area contributed by atoms with Crippen molar-refractivity contribution in [3.05, 3.63) is 70.2 Å². The third kappa shape index (κ3) is 5.42. The average Bonchev–Trinajstić information content (AvgIpc) is 3.05. The summed E-state index contributed by atoms with van der Waals surface area (Å²) in [6.07, 6.45) is 0.837. The fourth-order valence-corrected chi connectivity index (χ4v) is 4.19. The zero-order valence-corrected chi connectivity index (χ0v) is 19.6. The van der Waals surface area contributed by atoms with Gasteiger partial charge in [0.2, 0.25) is 11.8 Å². The van der Waals surface area contributed by atoms with Gasteiger partial charge in [0.25, 0.3) is 11.8 Å². The topological polar surface area (TPSA) is 86.8 Å². The van der Waals surface area contributed by atoms with Gasteiger partial charge < -0.3 is 10.2 Å². The third-order valence-electron chi connectivity index (χ3n) is 5.69. The zero-order chi connectivity index (χ0) is 24.0. The predicted octanol–water partition coefficient (Wildman–Crippen LogP) is 3.66. The van der Waals surface area contributed by atoms with Crippen molar-refractivity contribution < 1.29 is 19.2 Å². The van der Waals surface area contributed by atoms with Crippen LogP contribution in [0.3, 0.4) is 0 Å². The molecule has 2 aromatic rings. The molecule has 0 aliphatic carbocycles. The maximum absolute atomic E-state index is 13.2. The van der Waals surface area contributed by atoms with Crippen molar-refractivity contribution in [2.45, 2.75) is 45.7 Å². The molecule has 0 saturated heterocycles. The first kappa shape index (κ1) is 24.5. The van der Waals surface area contributed by atoms with Crippen LogP contribution in [0.4, 0.5) is 0 Å². The van der Waals surface area contributed by atoms with Gasteiger partial charge >= 0.3 is 0 Å². The Labute approximate surface area is 198 Å². The molecule has 0 unspecified atom stereocenters. The van der Waals surface area contributed by atoms with Crippen molar-refractivity contribution in [1.82, 2.24) is 15.1 Å². The van der Waals surface area contributed by atoms with Crippen molar-refractivity contribution >= 4 is 35.2 Å². The van der Waals surface area contributed by atoms with Crippen LogP contribution in [-0.4, -0.2) is 52.6 Å². The summed E-state index contributed by atoms with van der Waals surface area (Å²) in [4.78, 5) is 53.7. The van der Waals surface area contributed by atoms with Gasteiger partial charge in [-0.2, -0.15) is 0 Å². The highest BCUT2D eigenvalue weighted by atomic mass is 35.5. The van der Waals surface area contributed by atoms with Crippen molar-refractivity contribution in [3.8, 4) is 0 Å². The molecule has 4 amide bonds. The van der Waals surface area contributed by atoms with Gasteiger partial charge in [0.05, 0.1) is 11.1 Å². The van der Waals surface area contributed by atoms with Gasteiger partial charge in [0, 0.05) is 31.1 Å². The molecule has 0 saturated carbocycles. The van der Waals surface area contributed by atoms with Gasteiger partial charge in [-0.1, -0.05) is 48.9 Å². The summed E-state index contributed by atoms with van der Waals surface area (Å²) in [5, 5.41) is 3.31. The van der Waals surface area contributed by atoms with Gasteiger partial charge in [0.15, 0.2) is 0 Å². The maximum atomic E-state index is 13.2. The molecule has 1 aliphatic rings. The summed E-state index contributed by atoms with van der Waals surface area (Å²) >= 11 is 6.31. The summed E-state index contributed by atoms with van der Waals surface area (Å²) in [7, 11) is 0. The van der Waals surface area contributed by atoms with Gasteiger partial charge in [-0.15, -0.1) is 0 Å². The summed E-state index contributed by atoms with van der Waals surface area (Å²) in [6.45, 7) is 4.47. The molecule has 2 aromatic carbocycles. The number of likely N-dealkylation sites (N-methyl/N-ethyl adjacent to an activating group) is 1. The Kier molecular flexibility index (Phi) is 8.22. The van der Waals surface area contributed by atoms with E-state index in [0.717, 1.165) is 5.56 Å². The van der Waals surface area contributed by atoms with Gasteiger partial charge in [-0.3, -0.25) is 24.1 Å². The highest BCUT2D eigenvalue weighted by Crippen LogP contribution is 2.24. The summed E-state index contributed by atoms with van der Waals surface area (Å²) in [6, 6.07) is 13.3. The van der Waals surface area contributed by atoms with Crippen LogP contribution >= 0.6 is 11.6 Å². The number of imide groups is 1. The van der Waals surface area contributed by atoms with Crippen LogP contribution in [0.5, 0.6) is 0 Å². The Balaban J connectivity index is 1.71. The smallest absolute Gasteiger partial charge is 0.261 e. The van der Waals surface area contributed by atoms with Crippen molar-refractivity contribution in [2.75, 3.05) is 13.1 Å². The number of amides is 4. The quantitative estimate of drug-likeness (QED) is 0.538. The summed E-state index contributed by atoms with van der Waals surface area (Å²) in [5.41, 5.74) is 1.52. The first-order chi connectivity index (χ1) is 15.9. The Morgan fingerprint density at radius 2 is 1.61 bits per heavy atom. The van der Waals surface area contributed by atoms with Crippen molar-refractivity contribution in [3.63, 3.8) is 0 Å². The molecule has 33 heavy (non-hydrogen) atoms. The van der Waals surface area contributed by atoms with E-state index in [1.54, 1.807) is 36.4 Å². The standard InChI is InChI=1S/C25H28ClN3O4/c1-3-21(23(31)27-4-2)29(16-17-10-5-8-13-20(17)26)22(30)14-9-15-28-24(32)18-11-6-7-12-19(18)25(28)33/h5-8,10-13,21H,3-4,9,14-16H2,1-2H3,(H,27,31)/t21-/m0/s1. The third-order valence-corrected chi connectivity index (χ3v) is 6.05. The SMILES string of the molecule is CCNC(=O)[C@H](CC)N(Cc1ccccc1Cl)C(=O)CCCN1C(=O)c2ccccc2C1=O. The first-order valence-corrected chi connectivity index (χ1v) is 11.5. The van der Waals surface area contributed by atoms with E-state index in [0.29, 0.717) is 35.5 Å². The lowest BCUT2D eigenvalue weighted by molar-refractivity contribution is -0.141. The molecular weight excluding hydrogens is 442 g/mol. The van der Waals surface area contributed by atoms with E-state index >= 15 is 0 Å². The lowest BCUT2D eigenvalue weighted by Gasteiger charge is -2.31. The molecule has 1 N–H and O–H groups in total. The molecule has 8 heteroatoms. The van der Waals surface area contributed by atoms with E-state index in [-0.39, 0.29) is 43.1 Å². The largest absolute Gasteiger partial charge is 0.355 e. The maximum Gasteiger partial charge on any atom is 0.261 e. The highest BCUT2D eigenvalue weighted by molar-refractivity contribution is 6.31. The lowest BCUT2D eigenvalue weighted by Crippen LogP contribution is -2.49. The molecule has 1 heterocycles. The second kappa shape index (κ2) is 11.1. The van der Waals surface area contributed by atoms with Gasteiger partial charge in [-0.05, 0) is 43.5 Å². The second-order valence-corrected chi connectivity index (χ2v) is 8.25. The Hall–Kier alpha value is -3.19. The molecule has 1 aliphatic heterocycles. The molecule has 174 valence electrons. The second-order valence-electron chi connectivity index (χ2n) is 7.84. The average molecular weight is 470 g/mol. The normalized spacial score (nSPS) is 13.6. The van der Waals surface area contributed by atoms with E-state index in [2.05, 4.69) is 5.32 Å². The molecule has 1 atom stereocenters. The molecule has 0 radical (unpaired) electrons. The number of nitrogens with zero attached hydrogens (tertiary/aromatic N) is 2. The van der Waals surface area contributed by atoms with Crippen LogP contribution in [0.25, 0.3) is 0 Å². The number of carbonyl (C=O) groups is 4. The lowest BCUT2D eigenvalue weighted by atomic mass is 10.1. The van der Waals surface area contributed by atoms with Crippen LogP contribution in [0.2, 0.25) is 5.02 Å². The van der Waals surface area contributed by atoms with Crippen LogP contribution in [-0.2, 0) is 16.1 Å². The minimum Gasteiger partial charge on any atom is -0.355 e. The number of hydrogen-bond acceptors (Lipinski definition) is 4. The van der Waals surface area contributed by atoms with Crippen LogP contribution in [0.1, 0.15) is 59.4 Å². The molecule has 0 spiro atoms. The number of hydrogen-bond donors (Lipinski definition) is 1. The number of benzene rings is 2. The monoisotopic (exact) mass is 469 g/mol. The fourth-order valence-electron chi connectivity index (χ4n) is 4.00. The Morgan fingerprint density at radius 3 is 2.18 bits per heavy atom. The Morgan fingerprint density at radius 1 is 1.00 bits per heavy atom. The predicted molar refractivity (Wildman–Crippen MR) is 126 cm³/mol. The number of halogens is 1. The van der Waals surface area contributed by atoms with Gasteiger partial charge in [-0.25, -0.2) is 0 Å². The number of carbonyl (C=O) groups excluding carboxylic acids is 4. The van der Waals surface area contributed by atoms with E-state index in [9.17, 15) is 19.2 Å². The number of rotatable bonds is 10. The summed E-state index contributed by atoms with van der Waals surface area (Å²) < 4.78 is 0. The summed E-state index contributed by atoms with van der Waals surface area (Å²) in [5.74, 6) is -1.14. The Bertz CT molecular complexity index is 1020. The minimum absolute atomic E-state index is 0.0910. The van der Waals surface area contributed by atoms with Crippen LogP contribution in [0, 0.1) is 0 Å². The van der Waals surface area contributed by atoms with Crippen LogP contribution < -0.4 is 5.32 Å². The molecule has 3 rings (SSSR count). The molecule has 0 aromatic heterocycles. The first-order valence-electron chi connectivity index (χ1n) is 11.1. The van der Waals surface area contributed by atoms with E-state index in [4.69, 9.17) is 11.6 Å². The van der Waals surface area contributed by atoms with E-state index in [1.807, 2.05) is 26.0 Å². The molecule has 0 bridgehead atoms. The highest BCUT2D eigenvalue weighted by Gasteiger charge is 2.35. The van der Waals surface area contributed by atoms with Crippen LogP contribution in [0.15, 0.2) is 48.5 Å².